The summed E-state index contributed by atoms with van der Waals surface area (Å²) >= 11 is 5.91. The summed E-state index contributed by atoms with van der Waals surface area (Å²) in [7, 11) is 0. The van der Waals surface area contributed by atoms with Crippen molar-refractivity contribution in [2.75, 3.05) is 5.32 Å². The number of aromatic nitrogens is 1. The van der Waals surface area contributed by atoms with Crippen LogP contribution in [0.25, 0.3) is 10.8 Å². The second-order valence-electron chi connectivity index (χ2n) is 7.58. The van der Waals surface area contributed by atoms with Crippen molar-refractivity contribution in [1.29, 1.82) is 0 Å². The fraction of sp³-hybridized carbons (Fsp3) is 0.261. The lowest BCUT2D eigenvalue weighted by molar-refractivity contribution is -0.142. The van der Waals surface area contributed by atoms with Gasteiger partial charge in [-0.15, -0.1) is 0 Å². The van der Waals surface area contributed by atoms with E-state index in [0.29, 0.717) is 21.5 Å². The third-order valence-corrected chi connectivity index (χ3v) is 5.43. The van der Waals surface area contributed by atoms with E-state index in [2.05, 4.69) is 5.32 Å². The fourth-order valence-electron chi connectivity index (χ4n) is 3.49. The van der Waals surface area contributed by atoms with Crippen LogP contribution in [0.2, 0.25) is 5.02 Å². The fourth-order valence-corrected chi connectivity index (χ4v) is 3.62. The molecule has 0 bridgehead atoms. The summed E-state index contributed by atoms with van der Waals surface area (Å²) in [6.07, 6.45) is 1.47. The van der Waals surface area contributed by atoms with Gasteiger partial charge < -0.3 is 15.0 Å². The molecule has 156 valence electrons. The first-order chi connectivity index (χ1) is 14.2. The minimum atomic E-state index is -1.06. The molecule has 3 rings (SSSR count). The zero-order valence-corrected chi connectivity index (χ0v) is 17.7. The molecule has 1 aromatic heterocycles. The van der Waals surface area contributed by atoms with Gasteiger partial charge in [0.15, 0.2) is 0 Å². The van der Waals surface area contributed by atoms with Gasteiger partial charge in [0.25, 0.3) is 5.56 Å². The number of halogens is 1. The van der Waals surface area contributed by atoms with E-state index >= 15 is 0 Å². The number of carbonyl (C=O) groups is 2. The maximum absolute atomic E-state index is 13.0. The van der Waals surface area contributed by atoms with E-state index in [-0.39, 0.29) is 11.8 Å². The zero-order chi connectivity index (χ0) is 22.0. The standard InChI is InChI=1S/C23H23ClN2O4/c1-13(2)20(23(29)30)26-12-11-17-18(22(26)28)5-4-6-19(17)25-21(27)14(3)15-7-9-16(24)10-8-15/h4-14,20H,1-3H3,(H,25,27)(H,29,30). The van der Waals surface area contributed by atoms with Crippen molar-refractivity contribution in [2.45, 2.75) is 32.7 Å². The predicted molar refractivity (Wildman–Crippen MR) is 118 cm³/mol. The highest BCUT2D eigenvalue weighted by Gasteiger charge is 2.25. The van der Waals surface area contributed by atoms with Crippen LogP contribution in [0.1, 0.15) is 38.3 Å². The Bertz CT molecular complexity index is 1150. The van der Waals surface area contributed by atoms with Gasteiger partial charge in [-0.3, -0.25) is 9.59 Å². The smallest absolute Gasteiger partial charge is 0.327 e. The number of nitrogens with zero attached hydrogens (tertiary/aromatic N) is 1. The molecule has 0 aliphatic carbocycles. The molecule has 0 aliphatic heterocycles. The number of carbonyl (C=O) groups excluding carboxylic acids is 1. The summed E-state index contributed by atoms with van der Waals surface area (Å²) in [6.45, 7) is 5.30. The monoisotopic (exact) mass is 426 g/mol. The average molecular weight is 427 g/mol. The molecule has 0 spiro atoms. The first kappa shape index (κ1) is 21.6. The van der Waals surface area contributed by atoms with Gasteiger partial charge >= 0.3 is 5.97 Å². The Balaban J connectivity index is 1.97. The molecule has 0 saturated carbocycles. The quantitative estimate of drug-likeness (QED) is 0.599. The lowest BCUT2D eigenvalue weighted by Crippen LogP contribution is -2.32. The number of nitrogens with one attached hydrogen (secondary N) is 1. The zero-order valence-electron chi connectivity index (χ0n) is 16.9. The average Bonchev–Trinajstić information content (AvgIpc) is 2.70. The van der Waals surface area contributed by atoms with Crippen LogP contribution in [0.3, 0.4) is 0 Å². The summed E-state index contributed by atoms with van der Waals surface area (Å²) in [4.78, 5) is 37.4. The number of amides is 1. The van der Waals surface area contributed by atoms with Gasteiger partial charge in [-0.2, -0.15) is 0 Å². The number of benzene rings is 2. The first-order valence-corrected chi connectivity index (χ1v) is 10.0. The van der Waals surface area contributed by atoms with Crippen molar-refractivity contribution in [2.24, 2.45) is 5.92 Å². The van der Waals surface area contributed by atoms with Crippen LogP contribution >= 0.6 is 11.6 Å². The Labute approximate surface area is 179 Å². The molecule has 1 heterocycles. The van der Waals surface area contributed by atoms with E-state index in [4.69, 9.17) is 11.6 Å². The van der Waals surface area contributed by atoms with E-state index in [9.17, 15) is 19.5 Å². The summed E-state index contributed by atoms with van der Waals surface area (Å²) in [5.74, 6) is -1.97. The molecule has 1 amide bonds. The van der Waals surface area contributed by atoms with Gasteiger partial charge in [0.2, 0.25) is 5.91 Å². The topological polar surface area (TPSA) is 88.4 Å². The second kappa shape index (κ2) is 8.71. The number of pyridine rings is 1. The van der Waals surface area contributed by atoms with Crippen LogP contribution in [-0.4, -0.2) is 21.6 Å². The van der Waals surface area contributed by atoms with Crippen molar-refractivity contribution in [1.82, 2.24) is 4.57 Å². The largest absolute Gasteiger partial charge is 0.480 e. The molecule has 2 unspecified atom stereocenters. The molecular weight excluding hydrogens is 404 g/mol. The molecule has 2 atom stereocenters. The van der Waals surface area contributed by atoms with Crippen molar-refractivity contribution in [3.8, 4) is 0 Å². The molecule has 0 saturated heterocycles. The Morgan fingerprint density at radius 3 is 2.27 bits per heavy atom. The van der Waals surface area contributed by atoms with E-state index in [1.54, 1.807) is 69.3 Å². The van der Waals surface area contributed by atoms with Crippen LogP contribution in [-0.2, 0) is 9.59 Å². The van der Waals surface area contributed by atoms with Gasteiger partial charge in [0.1, 0.15) is 6.04 Å². The van der Waals surface area contributed by atoms with E-state index in [0.717, 1.165) is 5.56 Å². The molecule has 30 heavy (non-hydrogen) atoms. The highest BCUT2D eigenvalue weighted by atomic mass is 35.5. The molecule has 2 N–H and O–H groups in total. The number of rotatable bonds is 6. The van der Waals surface area contributed by atoms with Gasteiger partial charge in [0.05, 0.1) is 5.92 Å². The number of fused-ring (bicyclic) bond motifs is 1. The highest BCUT2D eigenvalue weighted by Crippen LogP contribution is 2.25. The molecule has 3 aromatic rings. The summed E-state index contributed by atoms with van der Waals surface area (Å²) in [5.41, 5.74) is 0.912. The van der Waals surface area contributed by atoms with Crippen LogP contribution in [0.4, 0.5) is 5.69 Å². The van der Waals surface area contributed by atoms with Crippen LogP contribution in [0.5, 0.6) is 0 Å². The van der Waals surface area contributed by atoms with Gasteiger partial charge in [0, 0.05) is 27.7 Å². The van der Waals surface area contributed by atoms with Gasteiger partial charge in [-0.25, -0.2) is 4.79 Å². The maximum atomic E-state index is 13.0. The maximum Gasteiger partial charge on any atom is 0.327 e. The van der Waals surface area contributed by atoms with E-state index in [1.165, 1.54) is 10.8 Å². The number of carboxylic acid groups (broad SMARTS) is 1. The van der Waals surface area contributed by atoms with Crippen LogP contribution in [0.15, 0.2) is 59.5 Å². The first-order valence-electron chi connectivity index (χ1n) is 9.63. The summed E-state index contributed by atoms with van der Waals surface area (Å²) in [6, 6.07) is 12.8. The highest BCUT2D eigenvalue weighted by molar-refractivity contribution is 6.30. The van der Waals surface area contributed by atoms with E-state index in [1.807, 2.05) is 0 Å². The lowest BCUT2D eigenvalue weighted by Gasteiger charge is -2.20. The Hall–Kier alpha value is -3.12. The molecule has 7 heteroatoms. The van der Waals surface area contributed by atoms with Gasteiger partial charge in [-0.05, 0) is 48.7 Å². The third kappa shape index (κ3) is 4.24. The van der Waals surface area contributed by atoms with Crippen molar-refractivity contribution < 1.29 is 14.7 Å². The molecule has 6 nitrogen and oxygen atoms in total. The summed E-state index contributed by atoms with van der Waals surface area (Å²) < 4.78 is 1.23. The molecule has 0 aliphatic rings. The number of aliphatic carboxylic acids is 1. The number of anilines is 1. The second-order valence-corrected chi connectivity index (χ2v) is 8.02. The lowest BCUT2D eigenvalue weighted by atomic mass is 10.00. The molecule has 0 fully saturated rings. The predicted octanol–water partition coefficient (Wildman–Crippen LogP) is 4.68. The normalized spacial score (nSPS) is 13.2. The van der Waals surface area contributed by atoms with Crippen molar-refractivity contribution in [3.05, 3.63) is 75.7 Å². The Morgan fingerprint density at radius 2 is 1.67 bits per heavy atom. The minimum absolute atomic E-state index is 0.223. The summed E-state index contributed by atoms with van der Waals surface area (Å²) in [5, 5.41) is 13.9. The van der Waals surface area contributed by atoms with Gasteiger partial charge in [-0.1, -0.05) is 43.6 Å². The molecule has 2 aromatic carbocycles. The Morgan fingerprint density at radius 1 is 1.00 bits per heavy atom. The van der Waals surface area contributed by atoms with Crippen molar-refractivity contribution >= 4 is 39.9 Å². The number of hydrogen-bond donors (Lipinski definition) is 2. The Kier molecular flexibility index (Phi) is 6.27. The van der Waals surface area contributed by atoms with Crippen LogP contribution < -0.4 is 10.9 Å². The number of hydrogen-bond acceptors (Lipinski definition) is 3. The number of carboxylic acids is 1. The molecule has 0 radical (unpaired) electrons. The SMILES string of the molecule is CC(C(=O)Nc1cccc2c(=O)n(C(C(=O)O)C(C)C)ccc12)c1ccc(Cl)cc1. The minimum Gasteiger partial charge on any atom is -0.480 e. The van der Waals surface area contributed by atoms with Crippen LogP contribution in [0, 0.1) is 5.92 Å². The van der Waals surface area contributed by atoms with Crippen molar-refractivity contribution in [3.63, 3.8) is 0 Å². The third-order valence-electron chi connectivity index (χ3n) is 5.18. The molecular formula is C23H23ClN2O4. The van der Waals surface area contributed by atoms with E-state index < -0.39 is 23.5 Å².